The molecule has 1 rings (SSSR count). The Bertz CT molecular complexity index is 423. The molecule has 0 aliphatic carbocycles. The summed E-state index contributed by atoms with van der Waals surface area (Å²) in [5.41, 5.74) is 0.0588. The Morgan fingerprint density at radius 2 is 2.06 bits per heavy atom. The van der Waals surface area contributed by atoms with Gasteiger partial charge in [-0.15, -0.1) is 13.2 Å². The van der Waals surface area contributed by atoms with Gasteiger partial charge in [0.2, 0.25) is 6.04 Å². The standard InChI is InChI=1S/C10H11F3N2O3/c1-7(15(16)17)6-14-8-4-2-3-5-9(8)18-10(11,12)13/h2-5,7,14H,6H2,1H3. The summed E-state index contributed by atoms with van der Waals surface area (Å²) in [4.78, 5) is 9.86. The molecular formula is C10H11F3N2O3. The zero-order valence-corrected chi connectivity index (χ0v) is 9.40. The second-order valence-corrected chi connectivity index (χ2v) is 3.56. The van der Waals surface area contributed by atoms with E-state index in [2.05, 4.69) is 10.1 Å². The molecule has 0 radical (unpaired) electrons. The van der Waals surface area contributed by atoms with Crippen molar-refractivity contribution in [3.8, 4) is 5.75 Å². The van der Waals surface area contributed by atoms with Crippen LogP contribution in [0.1, 0.15) is 6.92 Å². The predicted molar refractivity (Wildman–Crippen MR) is 58.1 cm³/mol. The maximum absolute atomic E-state index is 12.1. The molecule has 1 aromatic rings. The van der Waals surface area contributed by atoms with Gasteiger partial charge in [0.15, 0.2) is 5.75 Å². The van der Waals surface area contributed by atoms with E-state index < -0.39 is 23.1 Å². The number of halogens is 3. The molecule has 1 atom stereocenters. The molecule has 100 valence electrons. The van der Waals surface area contributed by atoms with Crippen LogP contribution in [0.3, 0.4) is 0 Å². The van der Waals surface area contributed by atoms with Gasteiger partial charge in [0, 0.05) is 11.8 Å². The van der Waals surface area contributed by atoms with E-state index in [0.717, 1.165) is 6.07 Å². The molecule has 0 fully saturated rings. The predicted octanol–water partition coefficient (Wildman–Crippen LogP) is 2.66. The first-order valence-corrected chi connectivity index (χ1v) is 5.02. The van der Waals surface area contributed by atoms with Gasteiger partial charge in [-0.05, 0) is 12.1 Å². The van der Waals surface area contributed by atoms with Crippen LogP contribution in [-0.2, 0) is 0 Å². The van der Waals surface area contributed by atoms with Crippen LogP contribution in [-0.4, -0.2) is 23.9 Å². The number of hydrogen-bond donors (Lipinski definition) is 1. The van der Waals surface area contributed by atoms with Gasteiger partial charge in [-0.3, -0.25) is 10.1 Å². The van der Waals surface area contributed by atoms with Crippen molar-refractivity contribution in [1.82, 2.24) is 0 Å². The van der Waals surface area contributed by atoms with Gasteiger partial charge < -0.3 is 10.1 Å². The first-order chi connectivity index (χ1) is 8.29. The average molecular weight is 264 g/mol. The summed E-state index contributed by atoms with van der Waals surface area (Å²) < 4.78 is 40.1. The molecule has 0 bridgehead atoms. The van der Waals surface area contributed by atoms with Crippen LogP contribution in [0.5, 0.6) is 5.75 Å². The Kier molecular flexibility index (Phi) is 4.35. The van der Waals surface area contributed by atoms with Gasteiger partial charge in [0.1, 0.15) is 0 Å². The van der Waals surface area contributed by atoms with Crippen LogP contribution in [0, 0.1) is 10.1 Å². The Hall–Kier alpha value is -1.99. The lowest BCUT2D eigenvalue weighted by Gasteiger charge is -2.14. The summed E-state index contributed by atoms with van der Waals surface area (Å²) in [6.45, 7) is 1.26. The zero-order valence-electron chi connectivity index (χ0n) is 9.40. The number of nitrogens with one attached hydrogen (secondary N) is 1. The van der Waals surface area contributed by atoms with Crippen LogP contribution in [0.2, 0.25) is 0 Å². The molecule has 0 heterocycles. The third-order valence-corrected chi connectivity index (χ3v) is 2.06. The number of rotatable bonds is 5. The van der Waals surface area contributed by atoms with Crippen molar-refractivity contribution in [2.75, 3.05) is 11.9 Å². The molecule has 0 amide bonds. The van der Waals surface area contributed by atoms with Crippen molar-refractivity contribution in [2.24, 2.45) is 0 Å². The first kappa shape index (κ1) is 14.1. The van der Waals surface area contributed by atoms with E-state index in [-0.39, 0.29) is 12.2 Å². The van der Waals surface area contributed by atoms with Gasteiger partial charge in [-0.25, -0.2) is 0 Å². The summed E-state index contributed by atoms with van der Waals surface area (Å²) in [7, 11) is 0. The second kappa shape index (κ2) is 5.56. The topological polar surface area (TPSA) is 64.4 Å². The van der Waals surface area contributed by atoms with Crippen LogP contribution in [0.25, 0.3) is 0 Å². The maximum atomic E-state index is 12.1. The maximum Gasteiger partial charge on any atom is 0.573 e. The molecule has 0 aromatic heterocycles. The smallest absolute Gasteiger partial charge is 0.404 e. The number of para-hydroxylation sites is 2. The van der Waals surface area contributed by atoms with E-state index in [1.807, 2.05) is 0 Å². The molecule has 1 N–H and O–H groups in total. The molecule has 0 aliphatic heterocycles. The van der Waals surface area contributed by atoms with Gasteiger partial charge in [0.05, 0.1) is 12.2 Å². The number of ether oxygens (including phenoxy) is 1. The molecule has 1 aromatic carbocycles. The Labute approximate surface area is 101 Å². The molecule has 1 unspecified atom stereocenters. The molecule has 5 nitrogen and oxygen atoms in total. The number of nitro groups is 1. The monoisotopic (exact) mass is 264 g/mol. The summed E-state index contributed by atoms with van der Waals surface area (Å²) in [6, 6.07) is 4.45. The van der Waals surface area contributed by atoms with Crippen molar-refractivity contribution in [3.63, 3.8) is 0 Å². The fourth-order valence-electron chi connectivity index (χ4n) is 1.16. The number of hydrogen-bond acceptors (Lipinski definition) is 4. The number of anilines is 1. The van der Waals surface area contributed by atoms with Crippen LogP contribution >= 0.6 is 0 Å². The summed E-state index contributed by atoms with van der Waals surface area (Å²) in [5, 5.41) is 12.9. The summed E-state index contributed by atoms with van der Waals surface area (Å²) >= 11 is 0. The van der Waals surface area contributed by atoms with Crippen molar-refractivity contribution in [1.29, 1.82) is 0 Å². The molecule has 0 saturated heterocycles. The molecule has 0 saturated carbocycles. The Balaban J connectivity index is 2.73. The number of alkyl halides is 3. The van der Waals surface area contributed by atoms with Crippen LogP contribution < -0.4 is 10.1 Å². The van der Waals surface area contributed by atoms with Crippen LogP contribution in [0.4, 0.5) is 18.9 Å². The van der Waals surface area contributed by atoms with E-state index in [1.165, 1.54) is 25.1 Å². The van der Waals surface area contributed by atoms with Crippen molar-refractivity contribution < 1.29 is 22.8 Å². The summed E-state index contributed by atoms with van der Waals surface area (Å²) in [5.74, 6) is -0.416. The van der Waals surface area contributed by atoms with Crippen molar-refractivity contribution in [3.05, 3.63) is 34.4 Å². The number of nitrogens with zero attached hydrogens (tertiary/aromatic N) is 1. The largest absolute Gasteiger partial charge is 0.573 e. The van der Waals surface area contributed by atoms with Crippen molar-refractivity contribution >= 4 is 5.69 Å². The quantitative estimate of drug-likeness (QED) is 0.656. The lowest BCUT2D eigenvalue weighted by molar-refractivity contribution is -0.514. The lowest BCUT2D eigenvalue weighted by atomic mass is 10.2. The highest BCUT2D eigenvalue weighted by Gasteiger charge is 2.32. The third kappa shape index (κ3) is 4.48. The first-order valence-electron chi connectivity index (χ1n) is 5.02. The van der Waals surface area contributed by atoms with Gasteiger partial charge in [-0.2, -0.15) is 0 Å². The lowest BCUT2D eigenvalue weighted by Crippen LogP contribution is -2.25. The molecule has 18 heavy (non-hydrogen) atoms. The van der Waals surface area contributed by atoms with E-state index >= 15 is 0 Å². The highest BCUT2D eigenvalue weighted by atomic mass is 19.4. The Morgan fingerprint density at radius 1 is 1.44 bits per heavy atom. The zero-order chi connectivity index (χ0) is 13.8. The molecular weight excluding hydrogens is 253 g/mol. The van der Waals surface area contributed by atoms with E-state index in [1.54, 1.807) is 0 Å². The fourth-order valence-corrected chi connectivity index (χ4v) is 1.16. The molecule has 8 heteroatoms. The fraction of sp³-hybridized carbons (Fsp3) is 0.400. The average Bonchev–Trinajstić information content (AvgIpc) is 2.25. The minimum atomic E-state index is -4.80. The van der Waals surface area contributed by atoms with Crippen molar-refractivity contribution in [2.45, 2.75) is 19.3 Å². The highest BCUT2D eigenvalue weighted by molar-refractivity contribution is 5.56. The SMILES string of the molecule is CC(CNc1ccccc1OC(F)(F)F)[N+](=O)[O-]. The normalized spacial score (nSPS) is 12.9. The van der Waals surface area contributed by atoms with E-state index in [0.29, 0.717) is 0 Å². The Morgan fingerprint density at radius 3 is 2.61 bits per heavy atom. The summed E-state index contributed by atoms with van der Waals surface area (Å²) in [6.07, 6.45) is -4.80. The van der Waals surface area contributed by atoms with Gasteiger partial charge in [-0.1, -0.05) is 12.1 Å². The number of benzene rings is 1. The van der Waals surface area contributed by atoms with Crippen LogP contribution in [0.15, 0.2) is 24.3 Å². The minimum absolute atomic E-state index is 0.0588. The van der Waals surface area contributed by atoms with Gasteiger partial charge >= 0.3 is 6.36 Å². The van der Waals surface area contributed by atoms with E-state index in [4.69, 9.17) is 0 Å². The minimum Gasteiger partial charge on any atom is -0.404 e. The van der Waals surface area contributed by atoms with E-state index in [9.17, 15) is 23.3 Å². The molecule has 0 aliphatic rings. The van der Waals surface area contributed by atoms with Gasteiger partial charge in [0.25, 0.3) is 0 Å². The second-order valence-electron chi connectivity index (χ2n) is 3.56. The molecule has 0 spiro atoms. The highest BCUT2D eigenvalue weighted by Crippen LogP contribution is 2.29. The third-order valence-electron chi connectivity index (χ3n) is 2.06.